The summed E-state index contributed by atoms with van der Waals surface area (Å²) < 4.78 is 0.240. The lowest BCUT2D eigenvalue weighted by Crippen LogP contribution is -2.32. The SMILES string of the molecule is CCC(CC)(CNc1ccc(C(N)=O)cn1)SC. The third-order valence-corrected chi connectivity index (χ3v) is 4.95. The van der Waals surface area contributed by atoms with Crippen molar-refractivity contribution in [3.63, 3.8) is 0 Å². The van der Waals surface area contributed by atoms with Crippen molar-refractivity contribution in [3.8, 4) is 0 Å². The highest BCUT2D eigenvalue weighted by Gasteiger charge is 2.24. The molecule has 1 aromatic rings. The first-order chi connectivity index (χ1) is 8.56. The van der Waals surface area contributed by atoms with Crippen molar-refractivity contribution in [2.75, 3.05) is 18.1 Å². The summed E-state index contributed by atoms with van der Waals surface area (Å²) in [6.07, 6.45) is 5.86. The van der Waals surface area contributed by atoms with E-state index in [1.165, 1.54) is 6.20 Å². The van der Waals surface area contributed by atoms with Crippen LogP contribution in [0, 0.1) is 0 Å². The number of amides is 1. The van der Waals surface area contributed by atoms with Gasteiger partial charge < -0.3 is 11.1 Å². The van der Waals surface area contributed by atoms with Crippen LogP contribution in [0.5, 0.6) is 0 Å². The number of pyridine rings is 1. The number of thioether (sulfide) groups is 1. The third-order valence-electron chi connectivity index (χ3n) is 3.36. The number of carbonyl (C=O) groups excluding carboxylic acids is 1. The highest BCUT2D eigenvalue weighted by molar-refractivity contribution is 8.00. The van der Waals surface area contributed by atoms with Crippen molar-refractivity contribution >= 4 is 23.5 Å². The van der Waals surface area contributed by atoms with Crippen LogP contribution >= 0.6 is 11.8 Å². The molecule has 0 aliphatic heterocycles. The summed E-state index contributed by atoms with van der Waals surface area (Å²) >= 11 is 1.88. The number of rotatable bonds is 7. The van der Waals surface area contributed by atoms with E-state index in [0.717, 1.165) is 25.2 Å². The minimum absolute atomic E-state index is 0.240. The molecule has 0 unspecified atom stereocenters. The van der Waals surface area contributed by atoms with Crippen molar-refractivity contribution < 1.29 is 4.79 Å². The highest BCUT2D eigenvalue weighted by atomic mass is 32.2. The van der Waals surface area contributed by atoms with E-state index in [4.69, 9.17) is 5.73 Å². The van der Waals surface area contributed by atoms with Crippen LogP contribution in [0.15, 0.2) is 18.3 Å². The zero-order chi connectivity index (χ0) is 13.6. The Kier molecular flexibility index (Phi) is 5.47. The number of nitrogens with one attached hydrogen (secondary N) is 1. The van der Waals surface area contributed by atoms with Gasteiger partial charge in [-0.1, -0.05) is 13.8 Å². The zero-order valence-electron chi connectivity index (χ0n) is 11.2. The van der Waals surface area contributed by atoms with E-state index in [9.17, 15) is 4.79 Å². The van der Waals surface area contributed by atoms with Crippen molar-refractivity contribution in [3.05, 3.63) is 23.9 Å². The van der Waals surface area contributed by atoms with Crippen LogP contribution in [0.1, 0.15) is 37.0 Å². The fourth-order valence-electron chi connectivity index (χ4n) is 1.76. The quantitative estimate of drug-likeness (QED) is 0.796. The van der Waals surface area contributed by atoms with Crippen LogP contribution in [-0.4, -0.2) is 28.4 Å². The molecule has 18 heavy (non-hydrogen) atoms. The second kappa shape index (κ2) is 6.64. The summed E-state index contributed by atoms with van der Waals surface area (Å²) in [4.78, 5) is 15.1. The first-order valence-corrected chi connectivity index (χ1v) is 7.34. The van der Waals surface area contributed by atoms with E-state index >= 15 is 0 Å². The summed E-state index contributed by atoms with van der Waals surface area (Å²) in [5.41, 5.74) is 5.60. The summed E-state index contributed by atoms with van der Waals surface area (Å²) in [6.45, 7) is 5.26. The molecule has 0 aliphatic rings. The Labute approximate surface area is 113 Å². The molecule has 1 aromatic heterocycles. The number of hydrogen-bond acceptors (Lipinski definition) is 4. The molecule has 0 bridgehead atoms. The molecule has 0 fully saturated rings. The van der Waals surface area contributed by atoms with Crippen LogP contribution in [-0.2, 0) is 0 Å². The van der Waals surface area contributed by atoms with Crippen molar-refractivity contribution in [1.82, 2.24) is 4.98 Å². The number of carbonyl (C=O) groups is 1. The van der Waals surface area contributed by atoms with Crippen LogP contribution in [0.2, 0.25) is 0 Å². The van der Waals surface area contributed by atoms with E-state index in [0.29, 0.717) is 5.56 Å². The molecule has 1 amide bonds. The molecule has 0 atom stereocenters. The van der Waals surface area contributed by atoms with E-state index in [1.54, 1.807) is 12.1 Å². The van der Waals surface area contributed by atoms with Gasteiger partial charge in [-0.2, -0.15) is 11.8 Å². The molecule has 0 saturated heterocycles. The molecule has 0 aromatic carbocycles. The number of hydrogen-bond donors (Lipinski definition) is 2. The second-order valence-electron chi connectivity index (χ2n) is 4.24. The summed E-state index contributed by atoms with van der Waals surface area (Å²) in [7, 11) is 0. The van der Waals surface area contributed by atoms with Crippen LogP contribution < -0.4 is 11.1 Å². The largest absolute Gasteiger partial charge is 0.369 e. The standard InChI is InChI=1S/C13H21N3OS/c1-4-13(5-2,18-3)9-16-11-7-6-10(8-15-11)12(14)17/h6-8H,4-5,9H2,1-3H3,(H2,14,17)(H,15,16). The minimum Gasteiger partial charge on any atom is -0.369 e. The number of anilines is 1. The normalized spacial score (nSPS) is 11.3. The smallest absolute Gasteiger partial charge is 0.250 e. The molecule has 0 spiro atoms. The molecular formula is C13H21N3OS. The fraction of sp³-hybridized carbons (Fsp3) is 0.538. The number of nitrogens with two attached hydrogens (primary N) is 1. The van der Waals surface area contributed by atoms with Gasteiger partial charge in [0.15, 0.2) is 0 Å². The average molecular weight is 267 g/mol. The molecule has 4 nitrogen and oxygen atoms in total. The summed E-state index contributed by atoms with van der Waals surface area (Å²) in [5.74, 6) is 0.329. The Morgan fingerprint density at radius 1 is 1.44 bits per heavy atom. The Morgan fingerprint density at radius 2 is 2.11 bits per heavy atom. The zero-order valence-corrected chi connectivity index (χ0v) is 12.0. The molecule has 0 radical (unpaired) electrons. The van der Waals surface area contributed by atoms with Crippen molar-refractivity contribution in [1.29, 1.82) is 0 Å². The van der Waals surface area contributed by atoms with Gasteiger partial charge in [-0.15, -0.1) is 0 Å². The molecule has 1 rings (SSSR count). The number of nitrogens with zero attached hydrogens (tertiary/aromatic N) is 1. The van der Waals surface area contributed by atoms with Crippen LogP contribution in [0.3, 0.4) is 0 Å². The van der Waals surface area contributed by atoms with Gasteiger partial charge in [0.1, 0.15) is 5.82 Å². The lowest BCUT2D eigenvalue weighted by Gasteiger charge is -2.30. The van der Waals surface area contributed by atoms with Gasteiger partial charge in [0, 0.05) is 17.5 Å². The lowest BCUT2D eigenvalue weighted by molar-refractivity contribution is 0.1000. The maximum atomic E-state index is 10.9. The molecule has 100 valence electrons. The van der Waals surface area contributed by atoms with E-state index < -0.39 is 5.91 Å². The van der Waals surface area contributed by atoms with E-state index in [-0.39, 0.29) is 4.75 Å². The van der Waals surface area contributed by atoms with Gasteiger partial charge in [0.2, 0.25) is 5.91 Å². The van der Waals surface area contributed by atoms with Crippen LogP contribution in [0.25, 0.3) is 0 Å². The third kappa shape index (κ3) is 3.63. The number of aromatic nitrogens is 1. The fourth-order valence-corrected chi connectivity index (χ4v) is 2.55. The number of primary amides is 1. The van der Waals surface area contributed by atoms with Crippen molar-refractivity contribution in [2.24, 2.45) is 5.73 Å². The topological polar surface area (TPSA) is 68.0 Å². The minimum atomic E-state index is -0.449. The van der Waals surface area contributed by atoms with E-state index in [1.807, 2.05) is 11.8 Å². The van der Waals surface area contributed by atoms with Gasteiger partial charge in [-0.05, 0) is 31.2 Å². The second-order valence-corrected chi connectivity index (χ2v) is 5.52. The Balaban J connectivity index is 2.65. The predicted octanol–water partition coefficient (Wildman–Crippen LogP) is 2.51. The Bertz CT molecular complexity index is 379. The monoisotopic (exact) mass is 267 g/mol. The Hall–Kier alpha value is -1.23. The van der Waals surface area contributed by atoms with Gasteiger partial charge in [0.25, 0.3) is 0 Å². The molecule has 5 heteroatoms. The maximum Gasteiger partial charge on any atom is 0.250 e. The van der Waals surface area contributed by atoms with Gasteiger partial charge in [-0.3, -0.25) is 4.79 Å². The molecule has 1 heterocycles. The maximum absolute atomic E-state index is 10.9. The highest BCUT2D eigenvalue weighted by Crippen LogP contribution is 2.30. The summed E-state index contributed by atoms with van der Waals surface area (Å²) in [5, 5.41) is 3.32. The predicted molar refractivity (Wildman–Crippen MR) is 78.1 cm³/mol. The average Bonchev–Trinajstić information content (AvgIpc) is 2.41. The van der Waals surface area contributed by atoms with Gasteiger partial charge in [0.05, 0.1) is 5.56 Å². The molecule has 0 saturated carbocycles. The van der Waals surface area contributed by atoms with Gasteiger partial charge in [-0.25, -0.2) is 4.98 Å². The van der Waals surface area contributed by atoms with Crippen molar-refractivity contribution in [2.45, 2.75) is 31.4 Å². The lowest BCUT2D eigenvalue weighted by atomic mass is 10.0. The van der Waals surface area contributed by atoms with Gasteiger partial charge >= 0.3 is 0 Å². The molecular weight excluding hydrogens is 246 g/mol. The van der Waals surface area contributed by atoms with Crippen LogP contribution in [0.4, 0.5) is 5.82 Å². The first-order valence-electron chi connectivity index (χ1n) is 6.11. The molecule has 3 N–H and O–H groups in total. The first kappa shape index (κ1) is 14.8. The van der Waals surface area contributed by atoms with E-state index in [2.05, 4.69) is 30.4 Å². The molecule has 0 aliphatic carbocycles. The Morgan fingerprint density at radius 3 is 2.50 bits per heavy atom. The summed E-state index contributed by atoms with van der Waals surface area (Å²) in [6, 6.07) is 3.48.